The second-order valence-corrected chi connectivity index (χ2v) is 6.78. The first kappa shape index (κ1) is 16.7. The highest BCUT2D eigenvalue weighted by Crippen LogP contribution is 2.28. The lowest BCUT2D eigenvalue weighted by Gasteiger charge is -2.23. The van der Waals surface area contributed by atoms with Crippen LogP contribution < -0.4 is 5.56 Å². The summed E-state index contributed by atoms with van der Waals surface area (Å²) >= 11 is 0. The van der Waals surface area contributed by atoms with Crippen molar-refractivity contribution >= 4 is 17.0 Å². The van der Waals surface area contributed by atoms with Gasteiger partial charge < -0.3 is 18.8 Å². The summed E-state index contributed by atoms with van der Waals surface area (Å²) in [5.74, 6) is 0.745. The van der Waals surface area contributed by atoms with Gasteiger partial charge >= 0.3 is 0 Å². The number of fused-ring (bicyclic) bond motifs is 1. The second-order valence-electron chi connectivity index (χ2n) is 6.78. The summed E-state index contributed by atoms with van der Waals surface area (Å²) in [5, 5.41) is 0.281. The number of aryl methyl sites for hydroxylation is 2. The van der Waals surface area contributed by atoms with Crippen molar-refractivity contribution in [2.24, 2.45) is 13.0 Å². The average Bonchev–Trinajstić information content (AvgIpc) is 3.11. The summed E-state index contributed by atoms with van der Waals surface area (Å²) in [6, 6.07) is 0.332. The van der Waals surface area contributed by atoms with Crippen LogP contribution in [0.4, 0.5) is 0 Å². The smallest absolute Gasteiger partial charge is 0.265 e. The van der Waals surface area contributed by atoms with Crippen molar-refractivity contribution in [3.8, 4) is 0 Å². The zero-order valence-electron chi connectivity index (χ0n) is 14.9. The Hall–Kier alpha value is -2.15. The van der Waals surface area contributed by atoms with Gasteiger partial charge in [0.15, 0.2) is 0 Å². The monoisotopic (exact) mass is 332 g/mol. The molecule has 1 saturated heterocycles. The molecule has 3 rings (SSSR count). The van der Waals surface area contributed by atoms with Crippen LogP contribution in [0.3, 0.4) is 0 Å². The molecule has 0 aromatic carbocycles. The maximum Gasteiger partial charge on any atom is 0.265 e. The Morgan fingerprint density at radius 2 is 2.12 bits per heavy atom. The molecular weight excluding hydrogens is 308 g/mol. The topological polar surface area (TPSA) is 71.6 Å². The van der Waals surface area contributed by atoms with Crippen LogP contribution >= 0.6 is 0 Å². The van der Waals surface area contributed by atoms with Gasteiger partial charge in [-0.05, 0) is 26.9 Å². The first-order valence-electron chi connectivity index (χ1n) is 8.25. The van der Waals surface area contributed by atoms with Gasteiger partial charge in [-0.25, -0.2) is 4.98 Å². The molecule has 1 aliphatic heterocycles. The Balaban J connectivity index is 2.03. The summed E-state index contributed by atoms with van der Waals surface area (Å²) in [6.07, 6.45) is 2.42. The van der Waals surface area contributed by atoms with E-state index in [4.69, 9.17) is 4.42 Å². The Morgan fingerprint density at radius 3 is 2.71 bits per heavy atom. The molecule has 2 unspecified atom stereocenters. The predicted octanol–water partition coefficient (Wildman–Crippen LogP) is 1.25. The minimum absolute atomic E-state index is 0.140. The highest BCUT2D eigenvalue weighted by molar-refractivity contribution is 6.06. The van der Waals surface area contributed by atoms with Gasteiger partial charge in [-0.3, -0.25) is 9.59 Å². The molecule has 130 valence electrons. The van der Waals surface area contributed by atoms with Crippen molar-refractivity contribution in [1.82, 2.24) is 19.4 Å². The fourth-order valence-corrected chi connectivity index (χ4v) is 3.61. The highest BCUT2D eigenvalue weighted by atomic mass is 16.3. The fraction of sp³-hybridized carbons (Fsp3) is 0.588. The van der Waals surface area contributed by atoms with E-state index in [9.17, 15) is 9.59 Å². The Morgan fingerprint density at radius 1 is 1.42 bits per heavy atom. The van der Waals surface area contributed by atoms with Gasteiger partial charge in [0.1, 0.15) is 17.5 Å². The van der Waals surface area contributed by atoms with E-state index in [1.807, 2.05) is 19.0 Å². The molecule has 24 heavy (non-hydrogen) atoms. The molecule has 1 amide bonds. The SMILES string of the molecule is CCC1CN(C(=O)c2c(C)oc3ncn(C)c(=O)c23)CC1N(C)C. The van der Waals surface area contributed by atoms with E-state index in [1.54, 1.807) is 14.0 Å². The molecule has 0 N–H and O–H groups in total. The van der Waals surface area contributed by atoms with Crippen molar-refractivity contribution in [3.63, 3.8) is 0 Å². The van der Waals surface area contributed by atoms with Crippen LogP contribution in [0, 0.1) is 12.8 Å². The van der Waals surface area contributed by atoms with Gasteiger partial charge in [-0.1, -0.05) is 13.3 Å². The van der Waals surface area contributed by atoms with E-state index in [0.29, 0.717) is 36.4 Å². The van der Waals surface area contributed by atoms with E-state index in [1.165, 1.54) is 10.9 Å². The molecule has 0 bridgehead atoms. The maximum atomic E-state index is 13.1. The predicted molar refractivity (Wildman–Crippen MR) is 91.1 cm³/mol. The van der Waals surface area contributed by atoms with E-state index in [-0.39, 0.29) is 22.6 Å². The standard InChI is InChI=1S/C17H24N4O3/c1-6-11-7-21(8-12(11)19(3)4)17(23)13-10(2)24-15-14(13)16(22)20(5)9-18-15/h9,11-12H,6-8H2,1-5H3. The fourth-order valence-electron chi connectivity index (χ4n) is 3.61. The Bertz CT molecular complexity index is 836. The third kappa shape index (κ3) is 2.53. The van der Waals surface area contributed by atoms with Crippen molar-refractivity contribution in [1.29, 1.82) is 0 Å². The summed E-state index contributed by atoms with van der Waals surface area (Å²) in [4.78, 5) is 33.7. The molecule has 2 atom stereocenters. The first-order chi connectivity index (χ1) is 11.3. The summed E-state index contributed by atoms with van der Waals surface area (Å²) in [5.41, 5.74) is 0.331. The van der Waals surface area contributed by atoms with Crippen molar-refractivity contribution in [2.45, 2.75) is 26.3 Å². The van der Waals surface area contributed by atoms with Gasteiger partial charge in [-0.15, -0.1) is 0 Å². The number of rotatable bonds is 3. The number of aromatic nitrogens is 2. The molecule has 7 heteroatoms. The Labute approximate surface area is 140 Å². The highest BCUT2D eigenvalue weighted by Gasteiger charge is 2.37. The lowest BCUT2D eigenvalue weighted by Crippen LogP contribution is -2.36. The van der Waals surface area contributed by atoms with Gasteiger partial charge in [0.25, 0.3) is 11.5 Å². The molecule has 2 aromatic heterocycles. The molecule has 0 radical (unpaired) electrons. The van der Waals surface area contributed by atoms with Crippen molar-refractivity contribution in [3.05, 3.63) is 28.0 Å². The number of amides is 1. The molecule has 1 fully saturated rings. The van der Waals surface area contributed by atoms with Crippen LogP contribution in [0.2, 0.25) is 0 Å². The second kappa shape index (κ2) is 6.05. The maximum absolute atomic E-state index is 13.1. The van der Waals surface area contributed by atoms with Crippen molar-refractivity contribution < 1.29 is 9.21 Å². The number of carbonyl (C=O) groups excluding carboxylic acids is 1. The van der Waals surface area contributed by atoms with Crippen LogP contribution in [0.1, 0.15) is 29.5 Å². The first-order valence-corrected chi connectivity index (χ1v) is 8.25. The van der Waals surface area contributed by atoms with Gasteiger partial charge in [-0.2, -0.15) is 0 Å². The normalized spacial score (nSPS) is 21.2. The molecule has 2 aromatic rings. The minimum atomic E-state index is -0.254. The van der Waals surface area contributed by atoms with Crippen LogP contribution in [0.5, 0.6) is 0 Å². The van der Waals surface area contributed by atoms with Gasteiger partial charge in [0.05, 0.1) is 5.56 Å². The van der Waals surface area contributed by atoms with E-state index >= 15 is 0 Å². The molecule has 0 aliphatic carbocycles. The quantitative estimate of drug-likeness (QED) is 0.846. The lowest BCUT2D eigenvalue weighted by molar-refractivity contribution is 0.0781. The molecule has 1 aliphatic rings. The summed E-state index contributed by atoms with van der Waals surface area (Å²) < 4.78 is 6.93. The van der Waals surface area contributed by atoms with Crippen LogP contribution in [0.25, 0.3) is 11.1 Å². The van der Waals surface area contributed by atoms with Gasteiger partial charge in [0, 0.05) is 26.2 Å². The largest absolute Gasteiger partial charge is 0.442 e. The zero-order chi connectivity index (χ0) is 17.6. The lowest BCUT2D eigenvalue weighted by atomic mass is 10.0. The number of furan rings is 1. The van der Waals surface area contributed by atoms with Crippen LogP contribution in [-0.2, 0) is 7.05 Å². The zero-order valence-corrected chi connectivity index (χ0v) is 14.9. The molecular formula is C17H24N4O3. The Kier molecular flexibility index (Phi) is 4.21. The average molecular weight is 332 g/mol. The number of carbonyl (C=O) groups is 1. The van der Waals surface area contributed by atoms with Crippen molar-refractivity contribution in [2.75, 3.05) is 27.2 Å². The number of hydrogen-bond acceptors (Lipinski definition) is 5. The van der Waals surface area contributed by atoms with E-state index in [2.05, 4.69) is 16.8 Å². The summed E-state index contributed by atoms with van der Waals surface area (Å²) in [6.45, 7) is 5.22. The molecule has 0 saturated carbocycles. The molecule has 7 nitrogen and oxygen atoms in total. The van der Waals surface area contributed by atoms with E-state index in [0.717, 1.165) is 6.42 Å². The molecule has 0 spiro atoms. The third-order valence-corrected chi connectivity index (χ3v) is 5.04. The van der Waals surface area contributed by atoms with Crippen LogP contribution in [0.15, 0.2) is 15.5 Å². The van der Waals surface area contributed by atoms with Crippen LogP contribution in [-0.4, -0.2) is 58.5 Å². The number of likely N-dealkylation sites (N-methyl/N-ethyl adjacent to an activating group) is 1. The number of likely N-dealkylation sites (tertiary alicyclic amines) is 1. The number of nitrogens with zero attached hydrogens (tertiary/aromatic N) is 4. The molecule has 3 heterocycles. The van der Waals surface area contributed by atoms with E-state index < -0.39 is 0 Å². The van der Waals surface area contributed by atoms with Gasteiger partial charge in [0.2, 0.25) is 5.71 Å². The third-order valence-electron chi connectivity index (χ3n) is 5.04. The minimum Gasteiger partial charge on any atom is -0.442 e. The summed E-state index contributed by atoms with van der Waals surface area (Å²) in [7, 11) is 5.70. The number of hydrogen-bond donors (Lipinski definition) is 0.